The normalized spacial score (nSPS) is 17.5. The van der Waals surface area contributed by atoms with E-state index in [2.05, 4.69) is 42.5 Å². The molecule has 0 aromatic heterocycles. The van der Waals surface area contributed by atoms with E-state index in [4.69, 9.17) is 0 Å². The van der Waals surface area contributed by atoms with Gasteiger partial charge in [0, 0.05) is 19.1 Å². The first-order valence-corrected chi connectivity index (χ1v) is 7.26. The molecule has 3 heteroatoms. The number of benzene rings is 1. The molecular formula is C16H26N2O. The van der Waals surface area contributed by atoms with E-state index >= 15 is 0 Å². The number of aryl methyl sites for hydroxylation is 2. The van der Waals surface area contributed by atoms with Crippen molar-refractivity contribution >= 4 is 0 Å². The topological polar surface area (TPSA) is 35.5 Å². The van der Waals surface area contributed by atoms with Gasteiger partial charge >= 0.3 is 0 Å². The van der Waals surface area contributed by atoms with Crippen LogP contribution in [0.2, 0.25) is 0 Å². The first-order chi connectivity index (χ1) is 9.08. The van der Waals surface area contributed by atoms with E-state index in [-0.39, 0.29) is 6.04 Å². The zero-order valence-electron chi connectivity index (χ0n) is 12.3. The lowest BCUT2D eigenvalue weighted by atomic mass is 9.99. The molecule has 0 heterocycles. The summed E-state index contributed by atoms with van der Waals surface area (Å²) in [7, 11) is 4.12. The van der Waals surface area contributed by atoms with Crippen molar-refractivity contribution < 1.29 is 5.11 Å². The van der Waals surface area contributed by atoms with Gasteiger partial charge in [-0.2, -0.15) is 0 Å². The molecule has 0 radical (unpaired) electrons. The highest BCUT2D eigenvalue weighted by molar-refractivity contribution is 5.36. The molecule has 0 spiro atoms. The van der Waals surface area contributed by atoms with Crippen molar-refractivity contribution in [3.63, 3.8) is 0 Å². The number of hydrogen-bond donors (Lipinski definition) is 2. The highest BCUT2D eigenvalue weighted by Gasteiger charge is 2.18. The fourth-order valence-corrected chi connectivity index (χ4v) is 2.69. The average molecular weight is 262 g/mol. The Kier molecular flexibility index (Phi) is 4.97. The number of rotatable bonds is 6. The van der Waals surface area contributed by atoms with Crippen LogP contribution in [0.5, 0.6) is 0 Å². The third-order valence-corrected chi connectivity index (χ3v) is 3.96. The summed E-state index contributed by atoms with van der Waals surface area (Å²) in [5, 5.41) is 13.8. The molecule has 1 aliphatic rings. The van der Waals surface area contributed by atoms with Crippen LogP contribution in [-0.2, 0) is 12.8 Å². The highest BCUT2D eigenvalue weighted by Crippen LogP contribution is 2.26. The summed E-state index contributed by atoms with van der Waals surface area (Å²) in [5.41, 5.74) is 3.94. The molecule has 1 aromatic carbocycles. The maximum Gasteiger partial charge on any atom is 0.0940 e. The Bertz CT molecular complexity index is 417. The predicted octanol–water partition coefficient (Wildman–Crippen LogP) is 1.75. The van der Waals surface area contributed by atoms with Crippen molar-refractivity contribution in [2.24, 2.45) is 0 Å². The van der Waals surface area contributed by atoms with Gasteiger partial charge in [0.1, 0.15) is 0 Å². The number of likely N-dealkylation sites (N-methyl/N-ethyl adjacent to an activating group) is 1. The Morgan fingerprint density at radius 2 is 2.00 bits per heavy atom. The van der Waals surface area contributed by atoms with Crippen LogP contribution in [0.1, 0.15) is 36.1 Å². The van der Waals surface area contributed by atoms with Gasteiger partial charge in [-0.05, 0) is 57.0 Å². The van der Waals surface area contributed by atoms with Gasteiger partial charge in [-0.25, -0.2) is 0 Å². The first-order valence-electron chi connectivity index (χ1n) is 7.26. The fourth-order valence-electron chi connectivity index (χ4n) is 2.69. The summed E-state index contributed by atoms with van der Waals surface area (Å²) in [4.78, 5) is 2.14. The summed E-state index contributed by atoms with van der Waals surface area (Å²) in [6.45, 7) is 3.94. The predicted molar refractivity (Wildman–Crippen MR) is 79.4 cm³/mol. The highest BCUT2D eigenvalue weighted by atomic mass is 16.3. The van der Waals surface area contributed by atoms with E-state index in [0.29, 0.717) is 0 Å². The molecule has 0 bridgehead atoms. The monoisotopic (exact) mass is 262 g/mol. The van der Waals surface area contributed by atoms with Crippen molar-refractivity contribution in [3.8, 4) is 0 Å². The second-order valence-corrected chi connectivity index (χ2v) is 5.87. The smallest absolute Gasteiger partial charge is 0.0940 e. The number of aliphatic hydroxyl groups excluding tert-OH is 1. The number of nitrogens with zero attached hydrogens (tertiary/aromatic N) is 1. The Balaban J connectivity index is 1.93. The summed E-state index contributed by atoms with van der Waals surface area (Å²) >= 11 is 0. The standard InChI is InChI=1S/C16H26N2O/c1-12(17-9-10-18(2)3)16(19)15-8-7-13-5-4-6-14(13)11-15/h7-8,11-12,16-17,19H,4-6,9-10H2,1-3H3. The number of hydrogen-bond acceptors (Lipinski definition) is 3. The third kappa shape index (κ3) is 3.78. The van der Waals surface area contributed by atoms with Gasteiger partial charge in [-0.15, -0.1) is 0 Å². The minimum atomic E-state index is -0.423. The van der Waals surface area contributed by atoms with Gasteiger partial charge in [0.25, 0.3) is 0 Å². The zero-order valence-corrected chi connectivity index (χ0v) is 12.3. The van der Waals surface area contributed by atoms with Crippen LogP contribution >= 0.6 is 0 Å². The van der Waals surface area contributed by atoms with E-state index < -0.39 is 6.10 Å². The van der Waals surface area contributed by atoms with Crippen molar-refractivity contribution in [1.29, 1.82) is 0 Å². The Morgan fingerprint density at radius 1 is 1.26 bits per heavy atom. The SMILES string of the molecule is CC(NCCN(C)C)C(O)c1ccc2c(c1)CCC2. The van der Waals surface area contributed by atoms with Crippen LogP contribution in [0.3, 0.4) is 0 Å². The van der Waals surface area contributed by atoms with E-state index in [1.807, 2.05) is 6.92 Å². The van der Waals surface area contributed by atoms with E-state index in [9.17, 15) is 5.11 Å². The van der Waals surface area contributed by atoms with Crippen LogP contribution in [0.15, 0.2) is 18.2 Å². The van der Waals surface area contributed by atoms with Gasteiger partial charge in [-0.1, -0.05) is 18.2 Å². The van der Waals surface area contributed by atoms with Gasteiger partial charge in [0.2, 0.25) is 0 Å². The maximum absolute atomic E-state index is 10.4. The molecule has 0 saturated heterocycles. The van der Waals surface area contributed by atoms with Crippen molar-refractivity contribution in [3.05, 3.63) is 34.9 Å². The lowest BCUT2D eigenvalue weighted by Gasteiger charge is -2.22. The molecule has 0 fully saturated rings. The second-order valence-electron chi connectivity index (χ2n) is 5.87. The lowest BCUT2D eigenvalue weighted by molar-refractivity contribution is 0.135. The molecule has 0 amide bonds. The van der Waals surface area contributed by atoms with E-state index in [1.165, 1.54) is 30.4 Å². The third-order valence-electron chi connectivity index (χ3n) is 3.96. The molecule has 1 aliphatic carbocycles. The molecular weight excluding hydrogens is 236 g/mol. The largest absolute Gasteiger partial charge is 0.387 e. The fraction of sp³-hybridized carbons (Fsp3) is 0.625. The number of nitrogens with one attached hydrogen (secondary N) is 1. The molecule has 2 unspecified atom stereocenters. The summed E-state index contributed by atoms with van der Waals surface area (Å²) in [6, 6.07) is 6.54. The molecule has 0 saturated carbocycles. The summed E-state index contributed by atoms with van der Waals surface area (Å²) in [6.07, 6.45) is 3.19. The molecule has 0 aliphatic heterocycles. The van der Waals surface area contributed by atoms with Gasteiger partial charge in [0.05, 0.1) is 6.10 Å². The Hall–Kier alpha value is -0.900. The average Bonchev–Trinajstić information content (AvgIpc) is 2.84. The molecule has 2 rings (SSSR count). The maximum atomic E-state index is 10.4. The quantitative estimate of drug-likeness (QED) is 0.820. The Labute approximate surface area is 116 Å². The lowest BCUT2D eigenvalue weighted by Crippen LogP contribution is -2.36. The molecule has 2 atom stereocenters. The van der Waals surface area contributed by atoms with Crippen molar-refractivity contribution in [2.75, 3.05) is 27.2 Å². The van der Waals surface area contributed by atoms with Crippen LogP contribution in [0.4, 0.5) is 0 Å². The van der Waals surface area contributed by atoms with Gasteiger partial charge < -0.3 is 15.3 Å². The van der Waals surface area contributed by atoms with Crippen molar-refractivity contribution in [2.45, 2.75) is 38.3 Å². The van der Waals surface area contributed by atoms with E-state index in [0.717, 1.165) is 18.7 Å². The number of aliphatic hydroxyl groups is 1. The summed E-state index contributed by atoms with van der Waals surface area (Å²) in [5.74, 6) is 0. The molecule has 3 nitrogen and oxygen atoms in total. The van der Waals surface area contributed by atoms with Crippen molar-refractivity contribution in [1.82, 2.24) is 10.2 Å². The van der Waals surface area contributed by atoms with Crippen LogP contribution < -0.4 is 5.32 Å². The van der Waals surface area contributed by atoms with Gasteiger partial charge in [-0.3, -0.25) is 0 Å². The Morgan fingerprint density at radius 3 is 2.74 bits per heavy atom. The summed E-state index contributed by atoms with van der Waals surface area (Å²) < 4.78 is 0. The molecule has 106 valence electrons. The van der Waals surface area contributed by atoms with E-state index in [1.54, 1.807) is 0 Å². The number of fused-ring (bicyclic) bond motifs is 1. The van der Waals surface area contributed by atoms with Crippen LogP contribution in [0, 0.1) is 0 Å². The first kappa shape index (κ1) is 14.5. The minimum absolute atomic E-state index is 0.0828. The molecule has 2 N–H and O–H groups in total. The van der Waals surface area contributed by atoms with Crippen LogP contribution in [-0.4, -0.2) is 43.2 Å². The molecule has 19 heavy (non-hydrogen) atoms. The molecule has 1 aromatic rings. The van der Waals surface area contributed by atoms with Gasteiger partial charge in [0.15, 0.2) is 0 Å². The second kappa shape index (κ2) is 6.51. The zero-order chi connectivity index (χ0) is 13.8. The van der Waals surface area contributed by atoms with Crippen LogP contribution in [0.25, 0.3) is 0 Å². The minimum Gasteiger partial charge on any atom is -0.387 e.